The maximum Gasteiger partial charge on any atom is 0.258 e. The van der Waals surface area contributed by atoms with Crippen LogP contribution in [0, 0.1) is 0 Å². The largest absolute Gasteiger partial charge is 0.302 e. The van der Waals surface area contributed by atoms with Gasteiger partial charge in [-0.05, 0) is 61.7 Å². The second kappa shape index (κ2) is 6.79. The molecule has 142 valence electrons. The lowest BCUT2D eigenvalue weighted by Crippen LogP contribution is -2.55. The normalized spacial score (nSPS) is 20.5. The van der Waals surface area contributed by atoms with Crippen molar-refractivity contribution in [3.05, 3.63) is 101 Å². The lowest BCUT2D eigenvalue weighted by atomic mass is 9.65. The summed E-state index contributed by atoms with van der Waals surface area (Å²) < 4.78 is 0. The fourth-order valence-electron chi connectivity index (χ4n) is 4.67. The molecule has 1 amide bonds. The molecule has 0 saturated carbocycles. The summed E-state index contributed by atoms with van der Waals surface area (Å²) in [5.74, 6) is 0.00392. The highest BCUT2D eigenvalue weighted by molar-refractivity contribution is 6.30. The predicted molar refractivity (Wildman–Crippen MR) is 116 cm³/mol. The predicted octanol–water partition coefficient (Wildman–Crippen LogP) is 6.48. The minimum absolute atomic E-state index is 0.00392. The fourth-order valence-corrected chi connectivity index (χ4v) is 4.80. The van der Waals surface area contributed by atoms with E-state index in [0.717, 1.165) is 12.1 Å². The third-order valence-corrected chi connectivity index (χ3v) is 6.09. The van der Waals surface area contributed by atoms with Crippen LogP contribution in [0.15, 0.2) is 78.9 Å². The summed E-state index contributed by atoms with van der Waals surface area (Å²) in [6.07, 6.45) is 0.834. The zero-order chi connectivity index (χ0) is 19.9. The standard InChI is InChI=1S/C25H24ClNO/c1-24(2)17-25(3,19-9-5-4-6-10-19)21-11-7-8-12-22(21)27(24)23(28)18-13-15-20(26)16-14-18/h4-16H,17H2,1-3H3/t25-/m1/s1. The molecule has 0 bridgehead atoms. The van der Waals surface area contributed by atoms with Crippen molar-refractivity contribution >= 4 is 23.2 Å². The van der Waals surface area contributed by atoms with E-state index in [1.54, 1.807) is 24.3 Å². The van der Waals surface area contributed by atoms with E-state index in [9.17, 15) is 4.79 Å². The zero-order valence-electron chi connectivity index (χ0n) is 16.4. The van der Waals surface area contributed by atoms with Crippen LogP contribution in [0.2, 0.25) is 5.02 Å². The van der Waals surface area contributed by atoms with Crippen LogP contribution in [0.3, 0.4) is 0 Å². The smallest absolute Gasteiger partial charge is 0.258 e. The molecular formula is C25H24ClNO. The molecule has 1 aliphatic rings. The molecule has 0 radical (unpaired) electrons. The summed E-state index contributed by atoms with van der Waals surface area (Å²) in [4.78, 5) is 15.5. The van der Waals surface area contributed by atoms with Crippen LogP contribution in [-0.2, 0) is 5.41 Å². The van der Waals surface area contributed by atoms with Gasteiger partial charge in [0.15, 0.2) is 0 Å². The van der Waals surface area contributed by atoms with Crippen molar-refractivity contribution in [3.8, 4) is 0 Å². The van der Waals surface area contributed by atoms with E-state index in [2.05, 4.69) is 63.2 Å². The van der Waals surface area contributed by atoms with Gasteiger partial charge in [-0.2, -0.15) is 0 Å². The van der Waals surface area contributed by atoms with Crippen LogP contribution in [0.4, 0.5) is 5.69 Å². The van der Waals surface area contributed by atoms with Crippen LogP contribution >= 0.6 is 11.6 Å². The molecule has 1 aliphatic heterocycles. The van der Waals surface area contributed by atoms with Crippen LogP contribution in [-0.4, -0.2) is 11.4 Å². The number of para-hydroxylation sites is 1. The number of carbonyl (C=O) groups excluding carboxylic acids is 1. The number of hydrogen-bond donors (Lipinski definition) is 0. The molecule has 0 N–H and O–H groups in total. The summed E-state index contributed by atoms with van der Waals surface area (Å²) in [5.41, 5.74) is 3.56. The van der Waals surface area contributed by atoms with Crippen LogP contribution in [0.25, 0.3) is 0 Å². The number of nitrogens with zero attached hydrogens (tertiary/aromatic N) is 1. The SMILES string of the molecule is CC1(C)C[C@](C)(c2ccccc2)c2ccccc2N1C(=O)c1ccc(Cl)cc1. The molecule has 1 atom stereocenters. The van der Waals surface area contributed by atoms with E-state index < -0.39 is 0 Å². The van der Waals surface area contributed by atoms with Gasteiger partial charge in [-0.1, -0.05) is 67.1 Å². The summed E-state index contributed by atoms with van der Waals surface area (Å²) in [7, 11) is 0. The van der Waals surface area contributed by atoms with Gasteiger partial charge in [0.1, 0.15) is 0 Å². The number of amides is 1. The second-order valence-electron chi connectivity index (χ2n) is 8.35. The Morgan fingerprint density at radius 2 is 1.46 bits per heavy atom. The van der Waals surface area contributed by atoms with Gasteiger partial charge in [0, 0.05) is 27.2 Å². The molecule has 3 aromatic carbocycles. The lowest BCUT2D eigenvalue weighted by molar-refractivity contribution is 0.0948. The Morgan fingerprint density at radius 3 is 2.14 bits per heavy atom. The monoisotopic (exact) mass is 389 g/mol. The van der Waals surface area contributed by atoms with Crippen molar-refractivity contribution in [1.29, 1.82) is 0 Å². The van der Waals surface area contributed by atoms with E-state index in [-0.39, 0.29) is 16.9 Å². The van der Waals surface area contributed by atoms with E-state index in [0.29, 0.717) is 10.6 Å². The van der Waals surface area contributed by atoms with Crippen LogP contribution in [0.5, 0.6) is 0 Å². The van der Waals surface area contributed by atoms with Gasteiger partial charge < -0.3 is 4.90 Å². The second-order valence-corrected chi connectivity index (χ2v) is 8.79. The summed E-state index contributed by atoms with van der Waals surface area (Å²) in [6, 6.07) is 26.0. The molecule has 2 nitrogen and oxygen atoms in total. The number of carbonyl (C=O) groups is 1. The number of benzene rings is 3. The number of anilines is 1. The third-order valence-electron chi connectivity index (χ3n) is 5.84. The quantitative estimate of drug-likeness (QED) is 0.491. The van der Waals surface area contributed by atoms with Gasteiger partial charge in [0.2, 0.25) is 0 Å². The molecule has 0 aromatic heterocycles. The first kappa shape index (κ1) is 18.8. The van der Waals surface area contributed by atoms with Crippen molar-refractivity contribution in [2.24, 2.45) is 0 Å². The minimum atomic E-state index is -0.352. The summed E-state index contributed by atoms with van der Waals surface area (Å²) >= 11 is 6.02. The average molecular weight is 390 g/mol. The molecule has 0 unspecified atom stereocenters. The lowest BCUT2D eigenvalue weighted by Gasteiger charge is -2.51. The molecule has 0 saturated heterocycles. The Morgan fingerprint density at radius 1 is 0.857 bits per heavy atom. The molecule has 4 rings (SSSR count). The molecule has 3 heteroatoms. The number of rotatable bonds is 2. The Bertz CT molecular complexity index is 1010. The van der Waals surface area contributed by atoms with Crippen molar-refractivity contribution in [2.75, 3.05) is 4.90 Å². The zero-order valence-corrected chi connectivity index (χ0v) is 17.2. The highest BCUT2D eigenvalue weighted by atomic mass is 35.5. The van der Waals surface area contributed by atoms with Gasteiger partial charge in [-0.15, -0.1) is 0 Å². The van der Waals surface area contributed by atoms with Gasteiger partial charge in [0.25, 0.3) is 5.91 Å². The van der Waals surface area contributed by atoms with Crippen molar-refractivity contribution in [1.82, 2.24) is 0 Å². The maximum atomic E-state index is 13.5. The molecule has 28 heavy (non-hydrogen) atoms. The van der Waals surface area contributed by atoms with Gasteiger partial charge in [0.05, 0.1) is 0 Å². The van der Waals surface area contributed by atoms with Crippen molar-refractivity contribution in [3.63, 3.8) is 0 Å². The van der Waals surface area contributed by atoms with Gasteiger partial charge >= 0.3 is 0 Å². The first-order valence-corrected chi connectivity index (χ1v) is 9.96. The van der Waals surface area contributed by atoms with Crippen LogP contribution in [0.1, 0.15) is 48.7 Å². The molecule has 0 fully saturated rings. The number of fused-ring (bicyclic) bond motifs is 1. The van der Waals surface area contributed by atoms with E-state index in [1.165, 1.54) is 11.1 Å². The summed E-state index contributed by atoms with van der Waals surface area (Å²) in [6.45, 7) is 6.59. The number of hydrogen-bond acceptors (Lipinski definition) is 1. The third kappa shape index (κ3) is 3.02. The Kier molecular flexibility index (Phi) is 4.55. The average Bonchev–Trinajstić information content (AvgIpc) is 2.68. The molecule has 3 aromatic rings. The van der Waals surface area contributed by atoms with E-state index in [1.807, 2.05) is 17.0 Å². The number of halogens is 1. The Balaban J connectivity index is 1.88. The molecule has 0 aliphatic carbocycles. The van der Waals surface area contributed by atoms with E-state index in [4.69, 9.17) is 11.6 Å². The first-order chi connectivity index (χ1) is 13.3. The highest BCUT2D eigenvalue weighted by Crippen LogP contribution is 2.50. The molecular weight excluding hydrogens is 366 g/mol. The summed E-state index contributed by atoms with van der Waals surface area (Å²) in [5, 5.41) is 0.631. The van der Waals surface area contributed by atoms with Gasteiger partial charge in [-0.25, -0.2) is 0 Å². The Labute approximate surface area is 171 Å². The fraction of sp³-hybridized carbons (Fsp3) is 0.240. The first-order valence-electron chi connectivity index (χ1n) is 9.58. The Hall–Kier alpha value is -2.58. The van der Waals surface area contributed by atoms with Crippen LogP contribution < -0.4 is 4.90 Å². The van der Waals surface area contributed by atoms with Crippen molar-refractivity contribution < 1.29 is 4.79 Å². The molecule has 0 spiro atoms. The van der Waals surface area contributed by atoms with Crippen molar-refractivity contribution in [2.45, 2.75) is 38.1 Å². The highest BCUT2D eigenvalue weighted by Gasteiger charge is 2.47. The molecule has 1 heterocycles. The van der Waals surface area contributed by atoms with Gasteiger partial charge in [-0.3, -0.25) is 4.79 Å². The minimum Gasteiger partial charge on any atom is -0.302 e. The van der Waals surface area contributed by atoms with E-state index >= 15 is 0 Å². The maximum absolute atomic E-state index is 13.5. The topological polar surface area (TPSA) is 20.3 Å².